The second-order valence-electron chi connectivity index (χ2n) is 18.0. The molecular weight excluding hydrogens is 851 g/mol. The summed E-state index contributed by atoms with van der Waals surface area (Å²) in [6.07, 6.45) is 1.94. The van der Waals surface area contributed by atoms with Crippen molar-refractivity contribution in [2.45, 2.75) is 19.3 Å². The predicted molar refractivity (Wildman–Crippen MR) is 294 cm³/mol. The van der Waals surface area contributed by atoms with Crippen LogP contribution in [0, 0.1) is 13.8 Å². The Kier molecular flexibility index (Phi) is 11.7. The number of hydrogen-bond donors (Lipinski definition) is 0. The maximum atomic E-state index is 5.78. The molecule has 0 heterocycles. The summed E-state index contributed by atoms with van der Waals surface area (Å²) in [5, 5.41) is 0. The highest BCUT2D eigenvalue weighted by molar-refractivity contribution is 5.92. The maximum Gasteiger partial charge on any atom is 0.120 e. The van der Waals surface area contributed by atoms with E-state index in [1.807, 2.05) is 18.2 Å². The standard InChI is InChI=1S/C66H53N3O/c1-5-49-41-59(68(54-29-13-8-14-30-54)57-33-20-34-61(45-57)70-4)44-60(42-49)69(56-32-19-31-55(43-56)67(52-25-9-6-10-26-52)53-27-11-7-12-28-53)58-37-38-65-63(46-58)62-35-15-16-36-64(62)66(65,50-23-17-21-47(2)39-50)51-24-18-22-48(3)40-51/h5-46H,1H2,2-4H3. The van der Waals surface area contributed by atoms with Gasteiger partial charge in [-0.1, -0.05) is 169 Å². The Morgan fingerprint density at radius 2 is 0.786 bits per heavy atom. The molecule has 0 atom stereocenters. The molecule has 1 aliphatic rings. The van der Waals surface area contributed by atoms with E-state index in [1.54, 1.807) is 7.11 Å². The van der Waals surface area contributed by atoms with Gasteiger partial charge >= 0.3 is 0 Å². The molecule has 0 aromatic heterocycles. The summed E-state index contributed by atoms with van der Waals surface area (Å²) >= 11 is 0. The average molecular weight is 904 g/mol. The lowest BCUT2D eigenvalue weighted by molar-refractivity contribution is 0.415. The van der Waals surface area contributed by atoms with E-state index in [-0.39, 0.29) is 0 Å². The van der Waals surface area contributed by atoms with E-state index < -0.39 is 5.41 Å². The minimum atomic E-state index is -0.540. The highest BCUT2D eigenvalue weighted by Crippen LogP contribution is 2.57. The minimum Gasteiger partial charge on any atom is -0.497 e. The zero-order valence-electron chi connectivity index (χ0n) is 39.7. The van der Waals surface area contributed by atoms with E-state index in [0.717, 1.165) is 62.5 Å². The summed E-state index contributed by atoms with van der Waals surface area (Å²) in [5.41, 5.74) is 19.6. The number of rotatable bonds is 13. The quantitative estimate of drug-likeness (QED) is 0.115. The molecule has 70 heavy (non-hydrogen) atoms. The van der Waals surface area contributed by atoms with Crippen LogP contribution in [0.25, 0.3) is 17.2 Å². The third kappa shape index (κ3) is 7.89. The van der Waals surface area contributed by atoms with Gasteiger partial charge in [-0.2, -0.15) is 0 Å². The number of methoxy groups -OCH3 is 1. The Morgan fingerprint density at radius 3 is 1.33 bits per heavy atom. The fraction of sp³-hybridized carbons (Fsp3) is 0.0606. The molecule has 0 saturated carbocycles. The first kappa shape index (κ1) is 43.7. The average Bonchev–Trinajstić information content (AvgIpc) is 3.70. The molecule has 0 aliphatic heterocycles. The largest absolute Gasteiger partial charge is 0.497 e. The van der Waals surface area contributed by atoms with Crippen molar-refractivity contribution in [3.63, 3.8) is 0 Å². The third-order valence-corrected chi connectivity index (χ3v) is 13.6. The number of nitrogens with zero attached hydrogens (tertiary/aromatic N) is 3. The van der Waals surface area contributed by atoms with Gasteiger partial charge in [0, 0.05) is 57.3 Å². The number of ether oxygens (including phenoxy) is 1. The van der Waals surface area contributed by atoms with Gasteiger partial charge in [-0.05, 0) is 150 Å². The van der Waals surface area contributed by atoms with E-state index >= 15 is 0 Å². The molecule has 0 amide bonds. The van der Waals surface area contributed by atoms with Gasteiger partial charge in [-0.3, -0.25) is 0 Å². The van der Waals surface area contributed by atoms with Gasteiger partial charge < -0.3 is 19.4 Å². The Labute approximate surface area is 412 Å². The van der Waals surface area contributed by atoms with Gasteiger partial charge in [-0.15, -0.1) is 0 Å². The van der Waals surface area contributed by atoms with Crippen LogP contribution in [-0.2, 0) is 5.41 Å². The molecule has 11 rings (SSSR count). The van der Waals surface area contributed by atoms with E-state index in [4.69, 9.17) is 4.74 Å². The van der Waals surface area contributed by atoms with E-state index in [2.05, 4.69) is 272 Å². The molecule has 0 bridgehead atoms. The van der Waals surface area contributed by atoms with Crippen LogP contribution in [0.3, 0.4) is 0 Å². The second kappa shape index (κ2) is 18.7. The molecule has 0 spiro atoms. The van der Waals surface area contributed by atoms with Crippen LogP contribution >= 0.6 is 0 Å². The highest BCUT2D eigenvalue weighted by atomic mass is 16.5. The van der Waals surface area contributed by atoms with Gasteiger partial charge in [0.1, 0.15) is 5.75 Å². The number of anilines is 9. The van der Waals surface area contributed by atoms with Gasteiger partial charge in [0.05, 0.1) is 12.5 Å². The Balaban J connectivity index is 1.17. The first-order valence-corrected chi connectivity index (χ1v) is 23.9. The van der Waals surface area contributed by atoms with Crippen molar-refractivity contribution in [1.29, 1.82) is 0 Å². The van der Waals surface area contributed by atoms with Crippen LogP contribution in [-0.4, -0.2) is 7.11 Å². The van der Waals surface area contributed by atoms with Crippen LogP contribution in [0.15, 0.2) is 255 Å². The summed E-state index contributed by atoms with van der Waals surface area (Å²) in [4.78, 5) is 7.02. The van der Waals surface area contributed by atoms with Gasteiger partial charge in [0.25, 0.3) is 0 Å². The van der Waals surface area contributed by atoms with Crippen molar-refractivity contribution in [3.05, 3.63) is 294 Å². The summed E-state index contributed by atoms with van der Waals surface area (Å²) < 4.78 is 5.78. The molecule has 0 saturated heterocycles. The van der Waals surface area contributed by atoms with E-state index in [1.165, 1.54) is 44.5 Å². The Bertz CT molecular complexity index is 3410. The molecule has 1 aliphatic carbocycles. The van der Waals surface area contributed by atoms with Crippen molar-refractivity contribution in [2.75, 3.05) is 21.8 Å². The molecule has 10 aromatic rings. The van der Waals surface area contributed by atoms with Gasteiger partial charge in [0.15, 0.2) is 0 Å². The monoisotopic (exact) mass is 903 g/mol. The van der Waals surface area contributed by atoms with Crippen LogP contribution < -0.4 is 19.4 Å². The first-order valence-electron chi connectivity index (χ1n) is 23.9. The minimum absolute atomic E-state index is 0.540. The number of hydrogen-bond acceptors (Lipinski definition) is 4. The molecule has 4 nitrogen and oxygen atoms in total. The van der Waals surface area contributed by atoms with Gasteiger partial charge in [0.2, 0.25) is 0 Å². The van der Waals surface area contributed by atoms with Crippen LogP contribution in [0.2, 0.25) is 0 Å². The molecule has 4 heteroatoms. The predicted octanol–water partition coefficient (Wildman–Crippen LogP) is 17.7. The summed E-state index contributed by atoms with van der Waals surface area (Å²) in [7, 11) is 1.71. The molecule has 0 N–H and O–H groups in total. The van der Waals surface area contributed by atoms with Crippen molar-refractivity contribution >= 4 is 57.3 Å². The van der Waals surface area contributed by atoms with Crippen molar-refractivity contribution in [1.82, 2.24) is 0 Å². The zero-order chi connectivity index (χ0) is 47.6. The smallest absolute Gasteiger partial charge is 0.120 e. The summed E-state index contributed by atoms with van der Waals surface area (Å²) in [6, 6.07) is 89.9. The normalized spacial score (nSPS) is 12.1. The number of benzene rings is 10. The first-order chi connectivity index (χ1) is 34.4. The molecule has 0 unspecified atom stereocenters. The second-order valence-corrected chi connectivity index (χ2v) is 18.0. The SMILES string of the molecule is C=Cc1cc(N(c2ccccc2)c2cccc(OC)c2)cc(N(c2cccc(N(c3ccccc3)c3ccccc3)c2)c2ccc3c(c2)-c2ccccc2C3(c2cccc(C)c2)c2cccc(C)c2)c1. The molecule has 0 radical (unpaired) electrons. The fourth-order valence-electron chi connectivity index (χ4n) is 10.5. The van der Waals surface area contributed by atoms with Gasteiger partial charge in [-0.25, -0.2) is 0 Å². The highest BCUT2D eigenvalue weighted by Gasteiger charge is 2.46. The number of fused-ring (bicyclic) bond motifs is 3. The third-order valence-electron chi connectivity index (χ3n) is 13.6. The lowest BCUT2D eigenvalue weighted by Crippen LogP contribution is -2.28. The zero-order valence-corrected chi connectivity index (χ0v) is 39.7. The molecular formula is C66H53N3O. The van der Waals surface area contributed by atoms with Crippen LogP contribution in [0.5, 0.6) is 5.75 Å². The van der Waals surface area contributed by atoms with Crippen molar-refractivity contribution in [3.8, 4) is 16.9 Å². The number of para-hydroxylation sites is 3. The van der Waals surface area contributed by atoms with E-state index in [9.17, 15) is 0 Å². The maximum absolute atomic E-state index is 5.78. The lowest BCUT2D eigenvalue weighted by atomic mass is 9.67. The van der Waals surface area contributed by atoms with Crippen molar-refractivity contribution < 1.29 is 4.74 Å². The van der Waals surface area contributed by atoms with Crippen molar-refractivity contribution in [2.24, 2.45) is 0 Å². The Hall–Kier alpha value is -8.86. The summed E-state index contributed by atoms with van der Waals surface area (Å²) in [5.74, 6) is 0.782. The summed E-state index contributed by atoms with van der Waals surface area (Å²) in [6.45, 7) is 8.74. The molecule has 0 fully saturated rings. The fourth-order valence-corrected chi connectivity index (χ4v) is 10.5. The molecule has 10 aromatic carbocycles. The topological polar surface area (TPSA) is 19.0 Å². The van der Waals surface area contributed by atoms with E-state index in [0.29, 0.717) is 0 Å². The molecule has 338 valence electrons. The Morgan fingerprint density at radius 1 is 0.357 bits per heavy atom. The van der Waals surface area contributed by atoms with Crippen LogP contribution in [0.4, 0.5) is 51.2 Å². The van der Waals surface area contributed by atoms with Crippen LogP contribution in [0.1, 0.15) is 38.9 Å². The number of aryl methyl sites for hydroxylation is 2. The lowest BCUT2D eigenvalue weighted by Gasteiger charge is -2.35.